The van der Waals surface area contributed by atoms with Gasteiger partial charge in [0, 0.05) is 12.5 Å². The van der Waals surface area contributed by atoms with Gasteiger partial charge in [-0.1, -0.05) is 0 Å². The smallest absolute Gasteiger partial charge is 0.167 e. The molecule has 0 unspecified atom stereocenters. The molecule has 9 nitrogen and oxygen atoms in total. The summed E-state index contributed by atoms with van der Waals surface area (Å²) in [7, 11) is 0. The monoisotopic (exact) mass is 307 g/mol. The van der Waals surface area contributed by atoms with Crippen molar-refractivity contribution in [3.8, 4) is 0 Å². The first-order valence-corrected chi connectivity index (χ1v) is 7.16. The third-order valence-electron chi connectivity index (χ3n) is 4.91. The van der Waals surface area contributed by atoms with Crippen LogP contribution in [0.25, 0.3) is 11.2 Å². The van der Waals surface area contributed by atoms with Crippen molar-refractivity contribution in [3.63, 3.8) is 0 Å². The number of nitrogens with two attached hydrogens (primary N) is 1. The highest BCUT2D eigenvalue weighted by Gasteiger charge is 2.62. The maximum atomic E-state index is 10.4. The zero-order valence-electron chi connectivity index (χ0n) is 11.7. The summed E-state index contributed by atoms with van der Waals surface area (Å²) >= 11 is 0. The number of aliphatic hydroxyl groups excluding tert-OH is 3. The van der Waals surface area contributed by atoms with E-state index in [1.54, 1.807) is 4.57 Å². The minimum absolute atomic E-state index is 0.0870. The standard InChI is InChI=1S/C13H17N5O4/c14-10-7-11(16-4-15-10)18(5-17-7)12-8(20)9(21)13(22-12)2-1-6(13)3-19/h4-6,8-9,12,19-21H,1-3H2,(H2,14,15,16)/t6-,8-,9+,12-,13-/m1/s1. The molecule has 1 saturated heterocycles. The summed E-state index contributed by atoms with van der Waals surface area (Å²) in [6.45, 7) is -0.0870. The van der Waals surface area contributed by atoms with Gasteiger partial charge in [-0.2, -0.15) is 0 Å². The first-order valence-electron chi connectivity index (χ1n) is 7.16. The Morgan fingerprint density at radius 2 is 2.18 bits per heavy atom. The molecule has 1 saturated carbocycles. The van der Waals surface area contributed by atoms with Crippen molar-refractivity contribution < 1.29 is 20.1 Å². The summed E-state index contributed by atoms with van der Waals surface area (Å²) < 4.78 is 7.51. The average molecular weight is 307 g/mol. The lowest BCUT2D eigenvalue weighted by Gasteiger charge is -2.47. The molecule has 2 aromatic rings. The number of nitrogen functional groups attached to an aromatic ring is 1. The molecule has 9 heteroatoms. The maximum Gasteiger partial charge on any atom is 0.167 e. The molecule has 0 bridgehead atoms. The quantitative estimate of drug-likeness (QED) is 0.542. The van der Waals surface area contributed by atoms with Crippen molar-refractivity contribution in [1.29, 1.82) is 0 Å². The second-order valence-corrected chi connectivity index (χ2v) is 5.90. The molecular formula is C13H17N5O4. The Kier molecular flexibility index (Phi) is 2.89. The van der Waals surface area contributed by atoms with Gasteiger partial charge in [-0.3, -0.25) is 4.57 Å². The van der Waals surface area contributed by atoms with Gasteiger partial charge < -0.3 is 25.8 Å². The lowest BCUT2D eigenvalue weighted by Crippen LogP contribution is -2.57. The SMILES string of the molecule is Nc1ncnc2c1ncn2[C@@H]1O[C@@]2(CC[C@@H]2CO)[C@@H](O)[C@H]1O. The summed E-state index contributed by atoms with van der Waals surface area (Å²) in [6.07, 6.45) is 1.08. The van der Waals surface area contributed by atoms with E-state index in [-0.39, 0.29) is 18.3 Å². The predicted molar refractivity (Wildman–Crippen MR) is 74.4 cm³/mol. The first kappa shape index (κ1) is 13.8. The Bertz CT molecular complexity index is 720. The minimum atomic E-state index is -1.14. The van der Waals surface area contributed by atoms with E-state index >= 15 is 0 Å². The van der Waals surface area contributed by atoms with Crippen LogP contribution in [0.5, 0.6) is 0 Å². The van der Waals surface area contributed by atoms with Gasteiger partial charge in [0.15, 0.2) is 17.7 Å². The molecule has 3 heterocycles. The Hall–Kier alpha value is -1.81. The summed E-state index contributed by atoms with van der Waals surface area (Å²) in [5, 5.41) is 30.2. The summed E-state index contributed by atoms with van der Waals surface area (Å²) in [5.74, 6) is 0.0556. The zero-order valence-corrected chi connectivity index (χ0v) is 11.7. The largest absolute Gasteiger partial charge is 0.396 e. The molecule has 2 aromatic heterocycles. The molecule has 5 atom stereocenters. The first-order chi connectivity index (χ1) is 10.6. The molecule has 5 N–H and O–H groups in total. The van der Waals surface area contributed by atoms with Crippen LogP contribution in [0.15, 0.2) is 12.7 Å². The van der Waals surface area contributed by atoms with E-state index in [9.17, 15) is 15.3 Å². The number of ether oxygens (including phenoxy) is 1. The summed E-state index contributed by atoms with van der Waals surface area (Å²) in [4.78, 5) is 12.1. The fourth-order valence-electron chi connectivity index (χ4n) is 3.51. The van der Waals surface area contributed by atoms with Gasteiger partial charge in [-0.25, -0.2) is 15.0 Å². The van der Waals surface area contributed by atoms with E-state index in [1.807, 2.05) is 0 Å². The van der Waals surface area contributed by atoms with Crippen molar-refractivity contribution in [2.75, 3.05) is 12.3 Å². The van der Waals surface area contributed by atoms with Crippen LogP contribution in [0.1, 0.15) is 19.1 Å². The van der Waals surface area contributed by atoms with Gasteiger partial charge in [0.1, 0.15) is 29.7 Å². The number of aromatic nitrogens is 4. The molecular weight excluding hydrogens is 290 g/mol. The lowest BCUT2D eigenvalue weighted by atomic mass is 9.66. The Morgan fingerprint density at radius 1 is 1.36 bits per heavy atom. The number of anilines is 1. The van der Waals surface area contributed by atoms with Crippen LogP contribution in [-0.2, 0) is 4.74 Å². The molecule has 0 amide bonds. The molecule has 1 aliphatic carbocycles. The van der Waals surface area contributed by atoms with Crippen molar-refractivity contribution in [2.45, 2.75) is 36.9 Å². The highest BCUT2D eigenvalue weighted by atomic mass is 16.6. The molecule has 0 radical (unpaired) electrons. The second kappa shape index (κ2) is 4.59. The molecule has 0 aromatic carbocycles. The molecule has 22 heavy (non-hydrogen) atoms. The van der Waals surface area contributed by atoms with Crippen LogP contribution < -0.4 is 5.73 Å². The summed E-state index contributed by atoms with van der Waals surface area (Å²) in [6, 6.07) is 0. The van der Waals surface area contributed by atoms with Gasteiger partial charge >= 0.3 is 0 Å². The predicted octanol–water partition coefficient (Wildman–Crippen LogP) is -1.20. The minimum Gasteiger partial charge on any atom is -0.396 e. The van der Waals surface area contributed by atoms with Crippen LogP contribution in [-0.4, -0.2) is 59.3 Å². The second-order valence-electron chi connectivity index (χ2n) is 5.90. The molecule has 2 aliphatic rings. The van der Waals surface area contributed by atoms with Crippen molar-refractivity contribution >= 4 is 17.0 Å². The fourth-order valence-corrected chi connectivity index (χ4v) is 3.51. The Labute approximate surface area is 125 Å². The van der Waals surface area contributed by atoms with Gasteiger partial charge in [0.2, 0.25) is 0 Å². The molecule has 1 aliphatic heterocycles. The third-order valence-corrected chi connectivity index (χ3v) is 4.91. The Morgan fingerprint density at radius 3 is 2.86 bits per heavy atom. The number of hydrogen-bond acceptors (Lipinski definition) is 8. The van der Waals surface area contributed by atoms with Crippen LogP contribution in [0.3, 0.4) is 0 Å². The summed E-state index contributed by atoms with van der Waals surface area (Å²) in [5.41, 5.74) is 5.69. The number of rotatable bonds is 2. The van der Waals surface area contributed by atoms with E-state index in [1.165, 1.54) is 12.7 Å². The van der Waals surface area contributed by atoms with E-state index in [2.05, 4.69) is 15.0 Å². The maximum absolute atomic E-state index is 10.4. The van der Waals surface area contributed by atoms with Gasteiger partial charge in [0.25, 0.3) is 0 Å². The van der Waals surface area contributed by atoms with Crippen LogP contribution >= 0.6 is 0 Å². The van der Waals surface area contributed by atoms with Crippen LogP contribution in [0.4, 0.5) is 5.82 Å². The highest BCUT2D eigenvalue weighted by molar-refractivity contribution is 5.81. The van der Waals surface area contributed by atoms with E-state index in [0.29, 0.717) is 17.6 Å². The highest BCUT2D eigenvalue weighted by Crippen LogP contribution is 2.52. The number of nitrogens with zero attached hydrogens (tertiary/aromatic N) is 4. The van der Waals surface area contributed by atoms with E-state index in [0.717, 1.165) is 6.42 Å². The molecule has 1 spiro atoms. The lowest BCUT2D eigenvalue weighted by molar-refractivity contribution is -0.194. The topological polar surface area (TPSA) is 140 Å². The number of imidazole rings is 1. The van der Waals surface area contributed by atoms with Gasteiger partial charge in [0.05, 0.1) is 6.33 Å². The van der Waals surface area contributed by atoms with Gasteiger partial charge in [-0.05, 0) is 12.8 Å². The molecule has 118 valence electrons. The number of hydrogen-bond donors (Lipinski definition) is 4. The van der Waals surface area contributed by atoms with Crippen molar-refractivity contribution in [3.05, 3.63) is 12.7 Å². The third kappa shape index (κ3) is 1.59. The number of aliphatic hydroxyl groups is 3. The van der Waals surface area contributed by atoms with Crippen LogP contribution in [0, 0.1) is 5.92 Å². The van der Waals surface area contributed by atoms with Crippen molar-refractivity contribution in [2.24, 2.45) is 5.92 Å². The fraction of sp³-hybridized carbons (Fsp3) is 0.615. The van der Waals surface area contributed by atoms with Crippen molar-refractivity contribution in [1.82, 2.24) is 19.5 Å². The molecule has 2 fully saturated rings. The zero-order chi connectivity index (χ0) is 15.5. The molecule has 4 rings (SSSR count). The number of fused-ring (bicyclic) bond motifs is 1. The van der Waals surface area contributed by atoms with E-state index in [4.69, 9.17) is 10.5 Å². The van der Waals surface area contributed by atoms with Gasteiger partial charge in [-0.15, -0.1) is 0 Å². The van der Waals surface area contributed by atoms with E-state index < -0.39 is 24.0 Å². The Balaban J connectivity index is 1.75. The average Bonchev–Trinajstić information content (AvgIpc) is 3.02. The van der Waals surface area contributed by atoms with Crippen LogP contribution in [0.2, 0.25) is 0 Å². The normalized spacial score (nSPS) is 37.8.